The Balaban J connectivity index is 1.93. The summed E-state index contributed by atoms with van der Waals surface area (Å²) in [5, 5.41) is 3.36. The minimum absolute atomic E-state index is 0.404. The number of nitrogens with one attached hydrogen (secondary N) is 1. The van der Waals surface area contributed by atoms with Crippen molar-refractivity contribution >= 4 is 23.0 Å². The predicted octanol–water partition coefficient (Wildman–Crippen LogP) is 3.63. The molecule has 1 heterocycles. The highest BCUT2D eigenvalue weighted by atomic mass is 32.1. The molecule has 0 bridgehead atoms. The lowest BCUT2D eigenvalue weighted by atomic mass is 9.98. The zero-order valence-electron chi connectivity index (χ0n) is 12.5. The van der Waals surface area contributed by atoms with Gasteiger partial charge in [0, 0.05) is 17.8 Å². The second-order valence-corrected chi connectivity index (χ2v) is 5.71. The fourth-order valence-corrected chi connectivity index (χ4v) is 2.38. The standard InChI is InChI=1S/C17H21N3S/c1-12(14-6-4-3-5-7-14)8-9-19-16-11-15(17(18)21)10-13(2)20-16/h3-7,10-12H,8-9H2,1-2H3,(H2,18,21)(H,19,20). The largest absolute Gasteiger partial charge is 0.389 e. The maximum absolute atomic E-state index is 5.68. The van der Waals surface area contributed by atoms with Crippen LogP contribution in [0.5, 0.6) is 0 Å². The number of aromatic nitrogens is 1. The van der Waals surface area contributed by atoms with Gasteiger partial charge in [-0.05, 0) is 37.0 Å². The SMILES string of the molecule is Cc1cc(C(N)=S)cc(NCCC(C)c2ccccc2)n1. The van der Waals surface area contributed by atoms with Crippen molar-refractivity contribution in [3.8, 4) is 0 Å². The lowest BCUT2D eigenvalue weighted by Crippen LogP contribution is -2.12. The van der Waals surface area contributed by atoms with Gasteiger partial charge in [0.05, 0.1) is 0 Å². The molecular weight excluding hydrogens is 278 g/mol. The number of benzene rings is 1. The summed E-state index contributed by atoms with van der Waals surface area (Å²) in [6, 6.07) is 14.3. The summed E-state index contributed by atoms with van der Waals surface area (Å²) in [5.41, 5.74) is 8.81. The van der Waals surface area contributed by atoms with E-state index in [2.05, 4.69) is 41.5 Å². The first-order chi connectivity index (χ1) is 10.1. The number of pyridine rings is 1. The van der Waals surface area contributed by atoms with Gasteiger partial charge in [0.1, 0.15) is 10.8 Å². The van der Waals surface area contributed by atoms with Gasteiger partial charge in [-0.3, -0.25) is 0 Å². The van der Waals surface area contributed by atoms with E-state index in [1.165, 1.54) is 5.56 Å². The lowest BCUT2D eigenvalue weighted by molar-refractivity contribution is 0.704. The van der Waals surface area contributed by atoms with Crippen LogP contribution < -0.4 is 11.1 Å². The minimum Gasteiger partial charge on any atom is -0.389 e. The molecule has 0 saturated carbocycles. The van der Waals surface area contributed by atoms with Gasteiger partial charge in [-0.25, -0.2) is 4.98 Å². The first-order valence-corrected chi connectivity index (χ1v) is 7.54. The van der Waals surface area contributed by atoms with Crippen LogP contribution in [0.4, 0.5) is 5.82 Å². The van der Waals surface area contributed by atoms with E-state index < -0.39 is 0 Å². The van der Waals surface area contributed by atoms with E-state index in [4.69, 9.17) is 18.0 Å². The molecule has 0 aliphatic rings. The van der Waals surface area contributed by atoms with Crippen LogP contribution in [0.25, 0.3) is 0 Å². The van der Waals surface area contributed by atoms with E-state index >= 15 is 0 Å². The van der Waals surface area contributed by atoms with Gasteiger partial charge in [-0.15, -0.1) is 0 Å². The Kier molecular flexibility index (Phi) is 5.28. The molecular formula is C17H21N3S. The minimum atomic E-state index is 0.404. The summed E-state index contributed by atoms with van der Waals surface area (Å²) in [7, 11) is 0. The van der Waals surface area contributed by atoms with Crippen molar-refractivity contribution in [2.45, 2.75) is 26.2 Å². The average molecular weight is 299 g/mol. The highest BCUT2D eigenvalue weighted by Gasteiger charge is 2.06. The van der Waals surface area contributed by atoms with Crippen LogP contribution in [-0.4, -0.2) is 16.5 Å². The molecule has 0 saturated heterocycles. The summed E-state index contributed by atoms with van der Waals surface area (Å²) in [4.78, 5) is 4.86. The molecule has 0 aliphatic heterocycles. The van der Waals surface area contributed by atoms with Crippen LogP contribution in [-0.2, 0) is 0 Å². The molecule has 3 N–H and O–H groups in total. The molecule has 3 nitrogen and oxygen atoms in total. The van der Waals surface area contributed by atoms with Crippen LogP contribution in [0.3, 0.4) is 0 Å². The van der Waals surface area contributed by atoms with E-state index in [1.807, 2.05) is 25.1 Å². The van der Waals surface area contributed by atoms with Crippen molar-refractivity contribution < 1.29 is 0 Å². The summed E-state index contributed by atoms with van der Waals surface area (Å²) in [5.74, 6) is 1.34. The Labute approximate surface area is 131 Å². The van der Waals surface area contributed by atoms with Gasteiger partial charge in [0.2, 0.25) is 0 Å². The zero-order valence-corrected chi connectivity index (χ0v) is 13.3. The summed E-state index contributed by atoms with van der Waals surface area (Å²) < 4.78 is 0. The molecule has 21 heavy (non-hydrogen) atoms. The van der Waals surface area contributed by atoms with E-state index in [9.17, 15) is 0 Å². The van der Waals surface area contributed by atoms with Gasteiger partial charge in [-0.1, -0.05) is 49.5 Å². The molecule has 0 fully saturated rings. The summed E-state index contributed by atoms with van der Waals surface area (Å²) in [6.45, 7) is 5.05. The quantitative estimate of drug-likeness (QED) is 0.800. The highest BCUT2D eigenvalue weighted by Crippen LogP contribution is 2.18. The molecule has 1 atom stereocenters. The molecule has 1 aromatic carbocycles. The Hall–Kier alpha value is -1.94. The second kappa shape index (κ2) is 7.18. The van der Waals surface area contributed by atoms with Crippen molar-refractivity contribution in [3.05, 3.63) is 59.3 Å². The van der Waals surface area contributed by atoms with Gasteiger partial charge in [0.15, 0.2) is 0 Å². The number of rotatable bonds is 6. The number of hydrogen-bond donors (Lipinski definition) is 2. The Bertz CT molecular complexity index is 611. The van der Waals surface area contributed by atoms with Gasteiger partial charge < -0.3 is 11.1 Å². The van der Waals surface area contributed by atoms with Crippen molar-refractivity contribution in [1.29, 1.82) is 0 Å². The molecule has 2 rings (SSSR count). The molecule has 0 spiro atoms. The third kappa shape index (κ3) is 4.53. The summed E-state index contributed by atoms with van der Waals surface area (Å²) in [6.07, 6.45) is 1.04. The number of hydrogen-bond acceptors (Lipinski definition) is 3. The van der Waals surface area contributed by atoms with Crippen molar-refractivity contribution in [2.24, 2.45) is 5.73 Å². The molecule has 0 aliphatic carbocycles. The Morgan fingerprint density at radius 2 is 2.00 bits per heavy atom. The van der Waals surface area contributed by atoms with Gasteiger partial charge in [-0.2, -0.15) is 0 Å². The van der Waals surface area contributed by atoms with E-state index in [-0.39, 0.29) is 0 Å². The summed E-state index contributed by atoms with van der Waals surface area (Å²) >= 11 is 5.02. The molecule has 110 valence electrons. The molecule has 1 aromatic heterocycles. The number of thiocarbonyl (C=S) groups is 1. The number of aryl methyl sites for hydroxylation is 1. The maximum atomic E-state index is 5.68. The monoisotopic (exact) mass is 299 g/mol. The van der Waals surface area contributed by atoms with Crippen LogP contribution in [0.1, 0.15) is 36.1 Å². The highest BCUT2D eigenvalue weighted by molar-refractivity contribution is 7.80. The van der Waals surface area contributed by atoms with E-state index in [0.29, 0.717) is 10.9 Å². The molecule has 0 radical (unpaired) electrons. The third-order valence-corrected chi connectivity index (χ3v) is 3.73. The van der Waals surface area contributed by atoms with Crippen molar-refractivity contribution in [3.63, 3.8) is 0 Å². The van der Waals surface area contributed by atoms with Crippen LogP contribution in [0.15, 0.2) is 42.5 Å². The molecule has 0 amide bonds. The topological polar surface area (TPSA) is 50.9 Å². The van der Waals surface area contributed by atoms with Gasteiger partial charge >= 0.3 is 0 Å². The van der Waals surface area contributed by atoms with E-state index in [1.54, 1.807) is 0 Å². The third-order valence-electron chi connectivity index (χ3n) is 3.49. The smallest absolute Gasteiger partial charge is 0.126 e. The molecule has 1 unspecified atom stereocenters. The number of nitrogens with two attached hydrogens (primary N) is 1. The van der Waals surface area contributed by atoms with Crippen molar-refractivity contribution in [2.75, 3.05) is 11.9 Å². The second-order valence-electron chi connectivity index (χ2n) is 5.27. The van der Waals surface area contributed by atoms with Crippen molar-refractivity contribution in [1.82, 2.24) is 4.98 Å². The fraction of sp³-hybridized carbons (Fsp3) is 0.294. The number of nitrogens with zero attached hydrogens (tertiary/aromatic N) is 1. The number of anilines is 1. The molecule has 2 aromatic rings. The zero-order chi connectivity index (χ0) is 15.2. The first kappa shape index (κ1) is 15.4. The Morgan fingerprint density at radius 3 is 2.67 bits per heavy atom. The van der Waals surface area contributed by atoms with Gasteiger partial charge in [0.25, 0.3) is 0 Å². The normalized spacial score (nSPS) is 11.9. The Morgan fingerprint density at radius 1 is 1.29 bits per heavy atom. The average Bonchev–Trinajstić information content (AvgIpc) is 2.47. The van der Waals surface area contributed by atoms with Crippen LogP contribution in [0, 0.1) is 6.92 Å². The fourth-order valence-electron chi connectivity index (χ4n) is 2.27. The predicted molar refractivity (Wildman–Crippen MR) is 92.8 cm³/mol. The first-order valence-electron chi connectivity index (χ1n) is 7.13. The molecule has 4 heteroatoms. The van der Waals surface area contributed by atoms with E-state index in [0.717, 1.165) is 30.0 Å². The maximum Gasteiger partial charge on any atom is 0.126 e. The van der Waals surface area contributed by atoms with Crippen LogP contribution >= 0.6 is 12.2 Å². The van der Waals surface area contributed by atoms with Crippen LogP contribution in [0.2, 0.25) is 0 Å². The lowest BCUT2D eigenvalue weighted by Gasteiger charge is -2.13.